The average Bonchev–Trinajstić information content (AvgIpc) is 2.66. The topological polar surface area (TPSA) is 58.6 Å². The van der Waals surface area contributed by atoms with Crippen LogP contribution in [-0.2, 0) is 11.2 Å². The highest BCUT2D eigenvalue weighted by atomic mass is 16.5. The molecule has 2 unspecified atom stereocenters. The Labute approximate surface area is 167 Å². The minimum Gasteiger partial charge on any atom is -0.493 e. The van der Waals surface area contributed by atoms with Crippen LogP contribution in [0.4, 0.5) is 0 Å². The smallest absolute Gasteiger partial charge is 0.317 e. The van der Waals surface area contributed by atoms with Crippen LogP contribution in [0.15, 0.2) is 48.5 Å². The molecule has 2 N–H and O–H groups in total. The Hall–Kier alpha value is -2.33. The maximum Gasteiger partial charge on any atom is 0.317 e. The molecule has 0 amide bonds. The lowest BCUT2D eigenvalue weighted by Crippen LogP contribution is -2.34. The van der Waals surface area contributed by atoms with Gasteiger partial charge in [0.05, 0.1) is 13.2 Å². The molecule has 0 heterocycles. The molecule has 2 aromatic rings. The van der Waals surface area contributed by atoms with E-state index in [0.717, 1.165) is 18.6 Å². The number of nitrogens with one attached hydrogen (secondary N) is 1. The molecule has 0 spiro atoms. The van der Waals surface area contributed by atoms with E-state index in [4.69, 9.17) is 9.84 Å². The van der Waals surface area contributed by atoms with E-state index in [-0.39, 0.29) is 17.9 Å². The maximum atomic E-state index is 10.9. The minimum atomic E-state index is -0.812. The number of aliphatic carboxylic acids is 1. The molecule has 150 valence electrons. The van der Waals surface area contributed by atoms with E-state index in [1.54, 1.807) is 0 Å². The molecule has 3 rings (SSSR count). The van der Waals surface area contributed by atoms with Gasteiger partial charge in [-0.3, -0.25) is 4.79 Å². The molecule has 4 heteroatoms. The number of hydrogen-bond acceptors (Lipinski definition) is 3. The van der Waals surface area contributed by atoms with Gasteiger partial charge in [-0.25, -0.2) is 0 Å². The van der Waals surface area contributed by atoms with Crippen LogP contribution >= 0.6 is 0 Å². The second-order valence-corrected chi connectivity index (χ2v) is 8.92. The molecule has 0 bridgehead atoms. The predicted octanol–water partition coefficient (Wildman–Crippen LogP) is 4.48. The third-order valence-electron chi connectivity index (χ3n) is 5.22. The molecule has 1 aliphatic carbocycles. The highest BCUT2D eigenvalue weighted by Gasteiger charge is 2.31. The van der Waals surface area contributed by atoms with E-state index in [1.807, 2.05) is 6.07 Å². The molecule has 0 radical (unpaired) electrons. The van der Waals surface area contributed by atoms with Crippen LogP contribution in [0, 0.1) is 11.3 Å². The maximum absolute atomic E-state index is 10.9. The Morgan fingerprint density at radius 1 is 1.18 bits per heavy atom. The predicted molar refractivity (Wildman–Crippen MR) is 112 cm³/mol. The van der Waals surface area contributed by atoms with Crippen molar-refractivity contribution in [2.45, 2.75) is 39.5 Å². The summed E-state index contributed by atoms with van der Waals surface area (Å²) in [5.41, 5.74) is 4.09. The number of carboxylic acids is 1. The first kappa shape index (κ1) is 20.4. The largest absolute Gasteiger partial charge is 0.493 e. The lowest BCUT2D eigenvalue weighted by molar-refractivity contribution is -0.136. The van der Waals surface area contributed by atoms with Crippen molar-refractivity contribution in [1.82, 2.24) is 5.32 Å². The number of carboxylic acid groups (broad SMARTS) is 1. The summed E-state index contributed by atoms with van der Waals surface area (Å²) in [6, 6.07) is 17.0. The number of aryl methyl sites for hydroxylation is 1. The highest BCUT2D eigenvalue weighted by Crippen LogP contribution is 2.41. The van der Waals surface area contributed by atoms with Crippen LogP contribution in [-0.4, -0.2) is 30.8 Å². The summed E-state index contributed by atoms with van der Waals surface area (Å²) in [7, 11) is 0. The van der Waals surface area contributed by atoms with Gasteiger partial charge < -0.3 is 15.2 Å². The normalized spacial score (nSPS) is 19.1. The van der Waals surface area contributed by atoms with Crippen LogP contribution in [0.2, 0.25) is 0 Å². The number of carbonyl (C=O) groups is 1. The zero-order valence-corrected chi connectivity index (χ0v) is 17.1. The van der Waals surface area contributed by atoms with Crippen LogP contribution in [0.3, 0.4) is 0 Å². The fourth-order valence-electron chi connectivity index (χ4n) is 3.95. The van der Waals surface area contributed by atoms with E-state index < -0.39 is 5.97 Å². The summed E-state index contributed by atoms with van der Waals surface area (Å²) in [5, 5.41) is 12.1. The molecule has 0 saturated carbocycles. The molecule has 0 saturated heterocycles. The van der Waals surface area contributed by atoms with Gasteiger partial charge in [-0.1, -0.05) is 57.2 Å². The van der Waals surface area contributed by atoms with Crippen molar-refractivity contribution in [2.75, 3.05) is 19.7 Å². The Kier molecular flexibility index (Phi) is 6.40. The van der Waals surface area contributed by atoms with Crippen molar-refractivity contribution in [3.8, 4) is 5.75 Å². The molecular weight excluding hydrogens is 350 g/mol. The zero-order valence-electron chi connectivity index (χ0n) is 17.1. The van der Waals surface area contributed by atoms with Crippen molar-refractivity contribution >= 4 is 5.97 Å². The number of fused-ring (bicyclic) bond motifs is 1. The quantitative estimate of drug-likeness (QED) is 0.742. The lowest BCUT2D eigenvalue weighted by atomic mass is 9.71. The molecule has 28 heavy (non-hydrogen) atoms. The zero-order chi connectivity index (χ0) is 20.1. The van der Waals surface area contributed by atoms with Gasteiger partial charge in [0.1, 0.15) is 5.75 Å². The summed E-state index contributed by atoms with van der Waals surface area (Å²) >= 11 is 0. The van der Waals surface area contributed by atoms with E-state index in [0.29, 0.717) is 19.1 Å². The van der Waals surface area contributed by atoms with Crippen LogP contribution < -0.4 is 10.1 Å². The molecule has 0 aliphatic heterocycles. The standard InChI is InChI=1S/C24H31NO3/c1-24(2,3)16-28-20-11-12-21-18(13-20)9-10-19(14-25-15-22(26)27)23(21)17-7-5-4-6-8-17/h4-8,11-13,19,23,25H,9-10,14-16H2,1-3H3,(H,26,27). The van der Waals surface area contributed by atoms with Crippen LogP contribution in [0.5, 0.6) is 5.75 Å². The summed E-state index contributed by atoms with van der Waals surface area (Å²) < 4.78 is 6.02. The Bertz CT molecular complexity index is 795. The Morgan fingerprint density at radius 3 is 2.61 bits per heavy atom. The molecule has 2 aromatic carbocycles. The van der Waals surface area contributed by atoms with Gasteiger partial charge in [0, 0.05) is 5.92 Å². The van der Waals surface area contributed by atoms with Crippen LogP contribution in [0.1, 0.15) is 49.8 Å². The van der Waals surface area contributed by atoms with Crippen molar-refractivity contribution in [2.24, 2.45) is 11.3 Å². The molecule has 0 aromatic heterocycles. The molecule has 2 atom stereocenters. The first-order valence-electron chi connectivity index (χ1n) is 10.1. The monoisotopic (exact) mass is 381 g/mol. The van der Waals surface area contributed by atoms with E-state index in [9.17, 15) is 4.79 Å². The van der Waals surface area contributed by atoms with Gasteiger partial charge in [0.15, 0.2) is 0 Å². The lowest BCUT2D eigenvalue weighted by Gasteiger charge is -2.34. The Morgan fingerprint density at radius 2 is 1.93 bits per heavy atom. The average molecular weight is 382 g/mol. The van der Waals surface area contributed by atoms with Gasteiger partial charge in [0.2, 0.25) is 0 Å². The second-order valence-electron chi connectivity index (χ2n) is 8.92. The Balaban J connectivity index is 1.85. The highest BCUT2D eigenvalue weighted by molar-refractivity contribution is 5.69. The van der Waals surface area contributed by atoms with Gasteiger partial charge in [-0.05, 0) is 59.5 Å². The summed E-state index contributed by atoms with van der Waals surface area (Å²) in [5.74, 6) is 0.759. The van der Waals surface area contributed by atoms with E-state index in [2.05, 4.69) is 68.6 Å². The number of hydrogen-bond donors (Lipinski definition) is 2. The number of benzene rings is 2. The number of rotatable bonds is 7. The third kappa shape index (κ3) is 5.35. The minimum absolute atomic E-state index is 0.00441. The molecule has 0 fully saturated rings. The fourth-order valence-corrected chi connectivity index (χ4v) is 3.95. The van der Waals surface area contributed by atoms with Gasteiger partial charge in [0.25, 0.3) is 0 Å². The molecule has 1 aliphatic rings. The van der Waals surface area contributed by atoms with E-state index in [1.165, 1.54) is 16.7 Å². The third-order valence-corrected chi connectivity index (χ3v) is 5.22. The van der Waals surface area contributed by atoms with Gasteiger partial charge >= 0.3 is 5.97 Å². The van der Waals surface area contributed by atoms with Gasteiger partial charge in [-0.2, -0.15) is 0 Å². The van der Waals surface area contributed by atoms with Crippen molar-refractivity contribution in [3.63, 3.8) is 0 Å². The summed E-state index contributed by atoms with van der Waals surface area (Å²) in [6.07, 6.45) is 2.02. The second kappa shape index (κ2) is 8.78. The van der Waals surface area contributed by atoms with Crippen molar-refractivity contribution < 1.29 is 14.6 Å². The first-order valence-corrected chi connectivity index (χ1v) is 10.1. The van der Waals surface area contributed by atoms with Crippen molar-refractivity contribution in [1.29, 1.82) is 0 Å². The SMILES string of the molecule is CC(C)(C)COc1ccc2c(c1)CCC(CNCC(=O)O)C2c1ccccc1. The first-order chi connectivity index (χ1) is 13.3. The fraction of sp³-hybridized carbons (Fsp3) is 0.458. The number of ether oxygens (including phenoxy) is 1. The summed E-state index contributed by atoms with van der Waals surface area (Å²) in [6.45, 7) is 7.91. The van der Waals surface area contributed by atoms with Crippen LogP contribution in [0.25, 0.3) is 0 Å². The van der Waals surface area contributed by atoms with Crippen molar-refractivity contribution in [3.05, 3.63) is 65.2 Å². The van der Waals surface area contributed by atoms with Gasteiger partial charge in [-0.15, -0.1) is 0 Å². The molecule has 4 nitrogen and oxygen atoms in total. The van der Waals surface area contributed by atoms with E-state index >= 15 is 0 Å². The summed E-state index contributed by atoms with van der Waals surface area (Å²) in [4.78, 5) is 10.9. The molecular formula is C24H31NO3.